The molecule has 1 fully saturated rings. The number of nitrogens with zero attached hydrogens (tertiary/aromatic N) is 1. The Kier molecular flexibility index (Phi) is 4.55. The molecule has 4 heteroatoms. The molecule has 0 aromatic heterocycles. The topological polar surface area (TPSA) is 24.4 Å². The molecule has 0 unspecified atom stereocenters. The molecule has 0 saturated heterocycles. The maximum atomic E-state index is 5.99. The van der Waals surface area contributed by atoms with Crippen LogP contribution in [0.4, 0.5) is 5.69 Å². The van der Waals surface area contributed by atoms with Gasteiger partial charge in [0, 0.05) is 22.0 Å². The summed E-state index contributed by atoms with van der Waals surface area (Å²) in [6.45, 7) is 0. The zero-order chi connectivity index (χ0) is 16.4. The minimum atomic E-state index is -0.0884. The zero-order valence-electron chi connectivity index (χ0n) is 13.6. The Morgan fingerprint density at radius 3 is 2.54 bits per heavy atom. The van der Waals surface area contributed by atoms with Crippen LogP contribution in [0.15, 0.2) is 53.5 Å². The van der Waals surface area contributed by atoms with Crippen LogP contribution < -0.4 is 5.32 Å². The van der Waals surface area contributed by atoms with Gasteiger partial charge >= 0.3 is 0 Å². The van der Waals surface area contributed by atoms with Gasteiger partial charge in [0.1, 0.15) is 10.7 Å². The van der Waals surface area contributed by atoms with E-state index in [4.69, 9.17) is 16.6 Å². The summed E-state index contributed by atoms with van der Waals surface area (Å²) in [6.07, 6.45) is 6.11. The first-order valence-corrected chi connectivity index (χ1v) is 9.95. The van der Waals surface area contributed by atoms with E-state index in [1.165, 1.54) is 41.1 Å². The lowest BCUT2D eigenvalue weighted by Crippen LogP contribution is -2.42. The van der Waals surface area contributed by atoms with Crippen molar-refractivity contribution >= 4 is 34.1 Å². The Bertz CT molecular complexity index is 748. The van der Waals surface area contributed by atoms with Gasteiger partial charge in [0.05, 0.1) is 0 Å². The van der Waals surface area contributed by atoms with Gasteiger partial charge in [0.2, 0.25) is 0 Å². The summed E-state index contributed by atoms with van der Waals surface area (Å²) < 4.78 is 0. The van der Waals surface area contributed by atoms with Crippen molar-refractivity contribution in [2.24, 2.45) is 4.99 Å². The molecular weight excluding hydrogens is 336 g/mol. The monoisotopic (exact) mass is 356 g/mol. The number of anilines is 1. The molecule has 2 nitrogen and oxygen atoms in total. The molecule has 2 aromatic rings. The van der Waals surface area contributed by atoms with Gasteiger partial charge in [-0.2, -0.15) is 0 Å². The first-order chi connectivity index (χ1) is 11.7. The normalized spacial score (nSPS) is 18.6. The number of para-hydroxylation sites is 1. The van der Waals surface area contributed by atoms with Crippen LogP contribution in [0.3, 0.4) is 0 Å². The number of aliphatic imine (C=N–C) groups is 1. The zero-order valence-corrected chi connectivity index (χ0v) is 15.2. The Balaban J connectivity index is 1.61. The fraction of sp³-hybridized carbons (Fsp3) is 0.350. The fourth-order valence-corrected chi connectivity index (χ4v) is 4.72. The van der Waals surface area contributed by atoms with Crippen molar-refractivity contribution in [3.8, 4) is 0 Å². The quantitative estimate of drug-likeness (QED) is 0.702. The molecule has 0 bridgehead atoms. The second-order valence-electron chi connectivity index (χ2n) is 6.59. The molecule has 0 amide bonds. The van der Waals surface area contributed by atoms with Crippen molar-refractivity contribution in [3.63, 3.8) is 0 Å². The van der Waals surface area contributed by atoms with E-state index in [2.05, 4.69) is 41.7 Å². The largest absolute Gasteiger partial charge is 0.361 e. The lowest BCUT2D eigenvalue weighted by Gasteiger charge is -2.39. The van der Waals surface area contributed by atoms with Crippen LogP contribution in [0.25, 0.3) is 0 Å². The van der Waals surface area contributed by atoms with Crippen molar-refractivity contribution in [1.29, 1.82) is 0 Å². The molecule has 0 radical (unpaired) electrons. The van der Waals surface area contributed by atoms with E-state index in [0.29, 0.717) is 0 Å². The van der Waals surface area contributed by atoms with Crippen LogP contribution in [0.5, 0.6) is 0 Å². The molecule has 1 aliphatic carbocycles. The highest BCUT2D eigenvalue weighted by Gasteiger charge is 2.35. The molecule has 1 N–H and O–H groups in total. The second-order valence-corrected chi connectivity index (χ2v) is 8.00. The van der Waals surface area contributed by atoms with Crippen LogP contribution in [0, 0.1) is 0 Å². The number of hydrogen-bond acceptors (Lipinski definition) is 3. The number of rotatable bonds is 2. The van der Waals surface area contributed by atoms with Crippen molar-refractivity contribution in [2.45, 2.75) is 43.5 Å². The summed E-state index contributed by atoms with van der Waals surface area (Å²) in [5.74, 6) is 0.917. The summed E-state index contributed by atoms with van der Waals surface area (Å²) in [5, 5.41) is 5.68. The Morgan fingerprint density at radius 1 is 1.00 bits per heavy atom. The van der Waals surface area contributed by atoms with Crippen LogP contribution in [-0.2, 0) is 5.75 Å². The molecule has 1 aliphatic heterocycles. The van der Waals surface area contributed by atoms with Gasteiger partial charge in [0.25, 0.3) is 0 Å². The standard InChI is InChI=1S/C20H21ClN2S/c21-16-10-8-15(9-11-16)14-24-19-17-6-2-3-7-18(17)22-20(23-19)12-4-1-5-13-20/h2-3,6-11,22H,1,4-5,12-14H2. The third kappa shape index (κ3) is 3.33. The van der Waals surface area contributed by atoms with Gasteiger partial charge in [-0.15, -0.1) is 11.8 Å². The average Bonchev–Trinajstić information content (AvgIpc) is 2.61. The lowest BCUT2D eigenvalue weighted by atomic mass is 9.88. The lowest BCUT2D eigenvalue weighted by molar-refractivity contribution is 0.335. The molecule has 0 atom stereocenters. The van der Waals surface area contributed by atoms with E-state index < -0.39 is 0 Å². The molecule has 124 valence electrons. The molecule has 4 rings (SSSR count). The van der Waals surface area contributed by atoms with E-state index >= 15 is 0 Å². The van der Waals surface area contributed by atoms with E-state index in [1.54, 1.807) is 0 Å². The summed E-state index contributed by atoms with van der Waals surface area (Å²) >= 11 is 7.82. The number of benzene rings is 2. The highest BCUT2D eigenvalue weighted by Crippen LogP contribution is 2.40. The van der Waals surface area contributed by atoms with Crippen LogP contribution >= 0.6 is 23.4 Å². The maximum absolute atomic E-state index is 5.99. The van der Waals surface area contributed by atoms with Crippen molar-refractivity contribution in [1.82, 2.24) is 0 Å². The molecule has 1 heterocycles. The molecule has 2 aromatic carbocycles. The number of halogens is 1. The number of hydrogen-bond donors (Lipinski definition) is 1. The number of fused-ring (bicyclic) bond motifs is 1. The first kappa shape index (κ1) is 16.0. The van der Waals surface area contributed by atoms with Crippen LogP contribution in [0.2, 0.25) is 5.02 Å². The van der Waals surface area contributed by atoms with E-state index in [9.17, 15) is 0 Å². The smallest absolute Gasteiger partial charge is 0.130 e. The van der Waals surface area contributed by atoms with Gasteiger partial charge in [-0.1, -0.05) is 48.4 Å². The number of thioether (sulfide) groups is 1. The SMILES string of the molecule is Clc1ccc(CSC2=NC3(CCCCC3)Nc3ccccc32)cc1. The summed E-state index contributed by atoms with van der Waals surface area (Å²) in [4.78, 5) is 5.19. The average molecular weight is 357 g/mol. The molecule has 1 saturated carbocycles. The van der Waals surface area contributed by atoms with E-state index in [-0.39, 0.29) is 5.66 Å². The maximum Gasteiger partial charge on any atom is 0.130 e. The third-order valence-electron chi connectivity index (χ3n) is 4.81. The fourth-order valence-electron chi connectivity index (χ4n) is 3.53. The molecular formula is C20H21ClN2S. The van der Waals surface area contributed by atoms with E-state index in [1.807, 2.05) is 23.9 Å². The predicted octanol–water partition coefficient (Wildman–Crippen LogP) is 6.11. The van der Waals surface area contributed by atoms with Gasteiger partial charge < -0.3 is 5.32 Å². The van der Waals surface area contributed by atoms with E-state index in [0.717, 1.165) is 23.6 Å². The van der Waals surface area contributed by atoms with Gasteiger partial charge in [-0.05, 0) is 49.4 Å². The van der Waals surface area contributed by atoms with Crippen molar-refractivity contribution in [3.05, 3.63) is 64.7 Å². The second kappa shape index (κ2) is 6.81. The Hall–Kier alpha value is -1.45. The molecule has 2 aliphatic rings. The molecule has 24 heavy (non-hydrogen) atoms. The van der Waals surface area contributed by atoms with Crippen molar-refractivity contribution < 1.29 is 0 Å². The van der Waals surface area contributed by atoms with Crippen LogP contribution in [-0.4, -0.2) is 10.7 Å². The Labute approximate surface area is 152 Å². The Morgan fingerprint density at radius 2 is 1.75 bits per heavy atom. The summed E-state index contributed by atoms with van der Waals surface area (Å²) in [7, 11) is 0. The summed E-state index contributed by atoms with van der Waals surface area (Å²) in [6, 6.07) is 16.7. The highest BCUT2D eigenvalue weighted by molar-refractivity contribution is 8.13. The van der Waals surface area contributed by atoms with Crippen molar-refractivity contribution in [2.75, 3.05) is 5.32 Å². The van der Waals surface area contributed by atoms with Gasteiger partial charge in [-0.3, -0.25) is 0 Å². The van der Waals surface area contributed by atoms with Gasteiger partial charge in [0.15, 0.2) is 0 Å². The first-order valence-electron chi connectivity index (χ1n) is 8.59. The highest BCUT2D eigenvalue weighted by atomic mass is 35.5. The minimum absolute atomic E-state index is 0.0884. The number of nitrogens with one attached hydrogen (secondary N) is 1. The van der Waals surface area contributed by atoms with Gasteiger partial charge in [-0.25, -0.2) is 4.99 Å². The predicted molar refractivity (Wildman–Crippen MR) is 105 cm³/mol. The minimum Gasteiger partial charge on any atom is -0.361 e. The molecule has 1 spiro atoms. The summed E-state index contributed by atoms with van der Waals surface area (Å²) in [5.41, 5.74) is 3.65. The van der Waals surface area contributed by atoms with Crippen LogP contribution in [0.1, 0.15) is 43.2 Å². The third-order valence-corrected chi connectivity index (χ3v) is 6.12.